The van der Waals surface area contributed by atoms with Gasteiger partial charge >= 0.3 is 0 Å². The van der Waals surface area contributed by atoms with Crippen molar-refractivity contribution in [2.45, 2.75) is 44.2 Å². The van der Waals surface area contributed by atoms with E-state index in [1.165, 1.54) is 12.8 Å². The Balaban J connectivity index is 1.80. The van der Waals surface area contributed by atoms with Crippen molar-refractivity contribution in [3.8, 4) is 0 Å². The first-order valence-corrected chi connectivity index (χ1v) is 6.44. The number of piperidine rings is 1. The Hall–Kier alpha value is -1.10. The van der Waals surface area contributed by atoms with E-state index in [-0.39, 0.29) is 17.9 Å². The van der Waals surface area contributed by atoms with Crippen molar-refractivity contribution in [1.29, 1.82) is 0 Å². The molecule has 2 saturated heterocycles. The summed E-state index contributed by atoms with van der Waals surface area (Å²) in [5, 5.41) is 6.14. The van der Waals surface area contributed by atoms with Gasteiger partial charge in [-0.1, -0.05) is 6.42 Å². The number of nitrogens with zero attached hydrogens (tertiary/aromatic N) is 1. The van der Waals surface area contributed by atoms with E-state index < -0.39 is 0 Å². The number of nitrogens with one attached hydrogen (secondary N) is 2. The first kappa shape index (κ1) is 12.4. The molecular weight excluding hydrogens is 218 g/mol. The van der Waals surface area contributed by atoms with Crippen LogP contribution in [-0.4, -0.2) is 48.9 Å². The molecule has 17 heavy (non-hydrogen) atoms. The number of rotatable bonds is 3. The van der Waals surface area contributed by atoms with E-state index in [0.29, 0.717) is 18.9 Å². The molecule has 1 unspecified atom stereocenters. The highest BCUT2D eigenvalue weighted by Gasteiger charge is 2.30. The maximum atomic E-state index is 12.0. The predicted molar refractivity (Wildman–Crippen MR) is 64.4 cm³/mol. The average molecular weight is 239 g/mol. The van der Waals surface area contributed by atoms with Gasteiger partial charge in [-0.3, -0.25) is 9.59 Å². The van der Waals surface area contributed by atoms with Crippen molar-refractivity contribution in [2.24, 2.45) is 0 Å². The lowest BCUT2D eigenvalue weighted by atomic mass is 10.0. The molecule has 5 nitrogen and oxygen atoms in total. The summed E-state index contributed by atoms with van der Waals surface area (Å²) in [5.74, 6) is 0.0377. The van der Waals surface area contributed by atoms with E-state index >= 15 is 0 Å². The van der Waals surface area contributed by atoms with Crippen LogP contribution in [0, 0.1) is 0 Å². The molecule has 0 aromatic heterocycles. The van der Waals surface area contributed by atoms with Gasteiger partial charge in [0.2, 0.25) is 11.8 Å². The van der Waals surface area contributed by atoms with E-state index in [4.69, 9.17) is 0 Å². The summed E-state index contributed by atoms with van der Waals surface area (Å²) in [6.45, 7) is 1.79. The molecule has 0 saturated carbocycles. The molecule has 2 atom stereocenters. The first-order chi connectivity index (χ1) is 8.16. The Morgan fingerprint density at radius 2 is 2.24 bits per heavy atom. The largest absolute Gasteiger partial charge is 0.344 e. The van der Waals surface area contributed by atoms with Gasteiger partial charge in [0.15, 0.2) is 0 Å². The topological polar surface area (TPSA) is 61.4 Å². The van der Waals surface area contributed by atoms with E-state index in [1.54, 1.807) is 4.90 Å². The van der Waals surface area contributed by atoms with Crippen LogP contribution in [0.25, 0.3) is 0 Å². The lowest BCUT2D eigenvalue weighted by molar-refractivity contribution is -0.133. The summed E-state index contributed by atoms with van der Waals surface area (Å²) in [4.78, 5) is 24.9. The Bertz CT molecular complexity index is 300. The molecule has 0 aliphatic carbocycles. The molecule has 2 fully saturated rings. The zero-order valence-electron chi connectivity index (χ0n) is 10.4. The molecule has 2 rings (SSSR count). The SMILES string of the molecule is CN(CC1CCCCN1)C(=O)[C@H]1CCC(=O)N1. The summed E-state index contributed by atoms with van der Waals surface area (Å²) in [5.41, 5.74) is 0. The maximum absolute atomic E-state index is 12.0. The summed E-state index contributed by atoms with van der Waals surface area (Å²) in [6.07, 6.45) is 4.72. The number of carbonyl (C=O) groups is 2. The van der Waals surface area contributed by atoms with Crippen LogP contribution in [0.5, 0.6) is 0 Å². The Morgan fingerprint density at radius 3 is 2.82 bits per heavy atom. The predicted octanol–water partition coefficient (Wildman–Crippen LogP) is -0.134. The summed E-state index contributed by atoms with van der Waals surface area (Å²) < 4.78 is 0. The monoisotopic (exact) mass is 239 g/mol. The molecule has 0 spiro atoms. The normalized spacial score (nSPS) is 28.9. The molecule has 2 N–H and O–H groups in total. The highest BCUT2D eigenvalue weighted by atomic mass is 16.2. The quantitative estimate of drug-likeness (QED) is 0.721. The third-order valence-electron chi connectivity index (χ3n) is 3.58. The molecule has 5 heteroatoms. The van der Waals surface area contributed by atoms with Crippen molar-refractivity contribution in [1.82, 2.24) is 15.5 Å². The molecule has 0 bridgehead atoms. The van der Waals surface area contributed by atoms with Crippen LogP contribution in [0.15, 0.2) is 0 Å². The number of hydrogen-bond acceptors (Lipinski definition) is 3. The highest BCUT2D eigenvalue weighted by Crippen LogP contribution is 2.12. The fourth-order valence-corrected chi connectivity index (χ4v) is 2.57. The smallest absolute Gasteiger partial charge is 0.244 e. The average Bonchev–Trinajstić information content (AvgIpc) is 2.76. The fourth-order valence-electron chi connectivity index (χ4n) is 2.57. The van der Waals surface area contributed by atoms with E-state index in [1.807, 2.05) is 7.05 Å². The molecule has 2 amide bonds. The van der Waals surface area contributed by atoms with Gasteiger partial charge in [-0.05, 0) is 25.8 Å². The van der Waals surface area contributed by atoms with Crippen LogP contribution in [0.3, 0.4) is 0 Å². The molecule has 0 radical (unpaired) electrons. The van der Waals surface area contributed by atoms with Crippen molar-refractivity contribution < 1.29 is 9.59 Å². The van der Waals surface area contributed by atoms with E-state index in [0.717, 1.165) is 19.5 Å². The molecule has 2 aliphatic heterocycles. The van der Waals surface area contributed by atoms with Gasteiger partial charge in [0.1, 0.15) is 6.04 Å². The molecule has 0 aromatic carbocycles. The van der Waals surface area contributed by atoms with Gasteiger partial charge in [0, 0.05) is 26.1 Å². The zero-order valence-corrected chi connectivity index (χ0v) is 10.4. The van der Waals surface area contributed by atoms with E-state index in [2.05, 4.69) is 10.6 Å². The first-order valence-electron chi connectivity index (χ1n) is 6.44. The standard InChI is InChI=1S/C12H21N3O2/c1-15(8-9-4-2-3-7-13-9)12(17)10-5-6-11(16)14-10/h9-10,13H,2-8H2,1H3,(H,14,16)/t9?,10-/m1/s1. The van der Waals surface area contributed by atoms with Gasteiger partial charge in [-0.15, -0.1) is 0 Å². The maximum Gasteiger partial charge on any atom is 0.244 e. The van der Waals surface area contributed by atoms with E-state index in [9.17, 15) is 9.59 Å². The van der Waals surface area contributed by atoms with Gasteiger partial charge < -0.3 is 15.5 Å². The third-order valence-corrected chi connectivity index (χ3v) is 3.58. The van der Waals surface area contributed by atoms with Crippen LogP contribution < -0.4 is 10.6 Å². The number of hydrogen-bond donors (Lipinski definition) is 2. The van der Waals surface area contributed by atoms with Crippen molar-refractivity contribution in [3.05, 3.63) is 0 Å². The van der Waals surface area contributed by atoms with Gasteiger partial charge in [0.25, 0.3) is 0 Å². The minimum absolute atomic E-state index is 0.00691. The van der Waals surface area contributed by atoms with Gasteiger partial charge in [-0.25, -0.2) is 0 Å². The minimum Gasteiger partial charge on any atom is -0.344 e. The third kappa shape index (κ3) is 3.19. The summed E-state index contributed by atoms with van der Waals surface area (Å²) >= 11 is 0. The van der Waals surface area contributed by atoms with Gasteiger partial charge in [0.05, 0.1) is 0 Å². The van der Waals surface area contributed by atoms with Crippen molar-refractivity contribution >= 4 is 11.8 Å². The lowest BCUT2D eigenvalue weighted by Crippen LogP contribution is -2.49. The Morgan fingerprint density at radius 1 is 1.41 bits per heavy atom. The summed E-state index contributed by atoms with van der Waals surface area (Å²) in [7, 11) is 1.82. The highest BCUT2D eigenvalue weighted by molar-refractivity contribution is 5.90. The lowest BCUT2D eigenvalue weighted by Gasteiger charge is -2.29. The van der Waals surface area contributed by atoms with Gasteiger partial charge in [-0.2, -0.15) is 0 Å². The second-order valence-corrected chi connectivity index (χ2v) is 5.02. The van der Waals surface area contributed by atoms with Crippen molar-refractivity contribution in [3.63, 3.8) is 0 Å². The number of likely N-dealkylation sites (N-methyl/N-ethyl adjacent to an activating group) is 1. The molecule has 2 aliphatic rings. The minimum atomic E-state index is -0.295. The molecular formula is C12H21N3O2. The van der Waals surface area contributed by atoms with Crippen LogP contribution >= 0.6 is 0 Å². The Labute approximate surface area is 102 Å². The van der Waals surface area contributed by atoms with Crippen LogP contribution in [0.4, 0.5) is 0 Å². The van der Waals surface area contributed by atoms with Crippen LogP contribution in [0.1, 0.15) is 32.1 Å². The van der Waals surface area contributed by atoms with Crippen molar-refractivity contribution in [2.75, 3.05) is 20.1 Å². The second kappa shape index (κ2) is 5.49. The summed E-state index contributed by atoms with van der Waals surface area (Å²) in [6, 6.07) is 0.117. The molecule has 0 aromatic rings. The second-order valence-electron chi connectivity index (χ2n) is 5.02. The molecule has 2 heterocycles. The number of amides is 2. The molecule has 96 valence electrons. The fraction of sp³-hybridized carbons (Fsp3) is 0.833. The zero-order chi connectivity index (χ0) is 12.3. The Kier molecular flexibility index (Phi) is 3.99. The van der Waals surface area contributed by atoms with Crippen LogP contribution in [-0.2, 0) is 9.59 Å². The van der Waals surface area contributed by atoms with Crippen LogP contribution in [0.2, 0.25) is 0 Å². The number of carbonyl (C=O) groups excluding carboxylic acids is 2.